The van der Waals surface area contributed by atoms with Crippen LogP contribution in [0.4, 0.5) is 22.0 Å². The van der Waals surface area contributed by atoms with Crippen LogP contribution >= 0.6 is 12.4 Å². The van der Waals surface area contributed by atoms with Gasteiger partial charge in [0.05, 0.1) is 14.2 Å². The highest BCUT2D eigenvalue weighted by atomic mass is 35.5. The molecule has 13 heteroatoms. The molecule has 1 heterocycles. The fraction of sp³-hybridized carbons (Fsp3) is 0.429. The van der Waals surface area contributed by atoms with Gasteiger partial charge in [-0.25, -0.2) is 35.1 Å². The number of ether oxygens (including phenoxy) is 2. The third kappa shape index (κ3) is 5.73. The SMILES string of the molecule is COc1cc2c(cc1OC)CN(CCCCNS(=O)(=O)c1c(F)c(F)c(F)c(F)c1F)CC2.Cl. The van der Waals surface area contributed by atoms with Crippen molar-refractivity contribution >= 4 is 22.4 Å². The number of methoxy groups -OCH3 is 2. The Morgan fingerprint density at radius 2 is 1.41 bits per heavy atom. The predicted octanol–water partition coefficient (Wildman–Crippen LogP) is 3.94. The van der Waals surface area contributed by atoms with Crippen LogP contribution in [0.1, 0.15) is 24.0 Å². The Balaban J connectivity index is 0.00000408. The van der Waals surface area contributed by atoms with Crippen LogP contribution in [0.25, 0.3) is 0 Å². The van der Waals surface area contributed by atoms with E-state index in [0.29, 0.717) is 37.4 Å². The largest absolute Gasteiger partial charge is 0.493 e. The molecule has 190 valence electrons. The van der Waals surface area contributed by atoms with E-state index in [1.807, 2.05) is 16.9 Å². The zero-order valence-electron chi connectivity index (χ0n) is 18.4. The number of hydrogen-bond donors (Lipinski definition) is 1. The summed E-state index contributed by atoms with van der Waals surface area (Å²) in [7, 11) is -1.81. The first-order chi connectivity index (χ1) is 15.6. The number of unbranched alkanes of at least 4 members (excludes halogenated alkanes) is 1. The highest BCUT2D eigenvalue weighted by molar-refractivity contribution is 7.89. The van der Waals surface area contributed by atoms with Crippen molar-refractivity contribution in [3.63, 3.8) is 0 Å². The number of hydrogen-bond acceptors (Lipinski definition) is 5. The van der Waals surface area contributed by atoms with E-state index < -0.39 is 44.0 Å². The minimum absolute atomic E-state index is 0. The Kier molecular flexibility index (Phi) is 9.52. The molecule has 1 aliphatic heterocycles. The number of nitrogens with one attached hydrogen (secondary N) is 1. The molecule has 0 atom stereocenters. The minimum atomic E-state index is -4.93. The molecule has 2 aromatic carbocycles. The van der Waals surface area contributed by atoms with Gasteiger partial charge in [0.15, 0.2) is 39.7 Å². The summed E-state index contributed by atoms with van der Waals surface area (Å²) < 4.78 is 104. The van der Waals surface area contributed by atoms with Crippen molar-refractivity contribution < 1.29 is 39.8 Å². The van der Waals surface area contributed by atoms with Crippen molar-refractivity contribution in [3.8, 4) is 11.5 Å². The molecular weight excluding hydrogens is 507 g/mol. The molecule has 0 radical (unpaired) electrons. The zero-order valence-corrected chi connectivity index (χ0v) is 20.0. The molecule has 1 N–H and O–H groups in total. The zero-order chi connectivity index (χ0) is 24.3. The number of halogens is 6. The second kappa shape index (κ2) is 11.5. The first-order valence-electron chi connectivity index (χ1n) is 10.1. The van der Waals surface area contributed by atoms with Crippen LogP contribution in [0, 0.1) is 29.1 Å². The summed E-state index contributed by atoms with van der Waals surface area (Å²) >= 11 is 0. The lowest BCUT2D eigenvalue weighted by Crippen LogP contribution is -2.32. The standard InChI is InChI=1S/C21H23F5N2O4S.ClH/c1-31-14-9-12-5-8-28(11-13(12)10-15(14)32-2)7-4-3-6-27-33(29,30)21-19(25)17(23)16(22)18(24)20(21)26;/h9-10,27H,3-8,11H2,1-2H3;1H. The van der Waals surface area contributed by atoms with Gasteiger partial charge in [0.2, 0.25) is 15.8 Å². The number of rotatable bonds is 9. The van der Waals surface area contributed by atoms with Gasteiger partial charge >= 0.3 is 0 Å². The van der Waals surface area contributed by atoms with Crippen molar-refractivity contribution in [2.75, 3.05) is 33.9 Å². The fourth-order valence-corrected chi connectivity index (χ4v) is 4.90. The highest BCUT2D eigenvalue weighted by Gasteiger charge is 2.33. The fourth-order valence-electron chi connectivity index (χ4n) is 3.69. The number of sulfonamides is 1. The summed E-state index contributed by atoms with van der Waals surface area (Å²) in [5, 5.41) is 0. The maximum absolute atomic E-state index is 13.8. The van der Waals surface area contributed by atoms with Crippen LogP contribution < -0.4 is 14.2 Å². The quantitative estimate of drug-likeness (QED) is 0.230. The number of fused-ring (bicyclic) bond motifs is 1. The van der Waals surface area contributed by atoms with Crippen LogP contribution in [0.5, 0.6) is 11.5 Å². The lowest BCUT2D eigenvalue weighted by Gasteiger charge is -2.29. The predicted molar refractivity (Wildman–Crippen MR) is 116 cm³/mol. The molecule has 0 aromatic heterocycles. The third-order valence-electron chi connectivity index (χ3n) is 5.43. The summed E-state index contributed by atoms with van der Waals surface area (Å²) in [5.41, 5.74) is 2.24. The molecule has 2 aromatic rings. The molecule has 1 aliphatic rings. The van der Waals surface area contributed by atoms with Gasteiger partial charge < -0.3 is 9.47 Å². The Morgan fingerprint density at radius 1 is 0.882 bits per heavy atom. The summed E-state index contributed by atoms with van der Waals surface area (Å²) in [6.45, 7) is 1.83. The van der Waals surface area contributed by atoms with E-state index in [2.05, 4.69) is 4.90 Å². The van der Waals surface area contributed by atoms with E-state index in [4.69, 9.17) is 9.47 Å². The van der Waals surface area contributed by atoms with E-state index in [9.17, 15) is 30.4 Å². The molecule has 0 aliphatic carbocycles. The third-order valence-corrected chi connectivity index (χ3v) is 6.91. The summed E-state index contributed by atoms with van der Waals surface area (Å²) in [5.74, 6) is -10.5. The second-order valence-electron chi connectivity index (χ2n) is 7.51. The molecular formula is C21H24ClF5N2O4S. The Hall–Kier alpha value is -2.15. The van der Waals surface area contributed by atoms with Gasteiger partial charge in [-0.1, -0.05) is 0 Å². The van der Waals surface area contributed by atoms with E-state index in [-0.39, 0.29) is 19.0 Å². The van der Waals surface area contributed by atoms with Gasteiger partial charge in [-0.3, -0.25) is 4.90 Å². The van der Waals surface area contributed by atoms with Crippen molar-refractivity contribution in [2.24, 2.45) is 0 Å². The summed E-state index contributed by atoms with van der Waals surface area (Å²) in [4.78, 5) is 0.281. The Morgan fingerprint density at radius 3 is 1.97 bits per heavy atom. The van der Waals surface area contributed by atoms with Crippen LogP contribution in [0.3, 0.4) is 0 Å². The summed E-state index contributed by atoms with van der Waals surface area (Å²) in [6, 6.07) is 3.86. The molecule has 6 nitrogen and oxygen atoms in total. The maximum atomic E-state index is 13.8. The van der Waals surface area contributed by atoms with Crippen LogP contribution in [0.15, 0.2) is 17.0 Å². The van der Waals surface area contributed by atoms with Gasteiger partial charge in [0.25, 0.3) is 0 Å². The average Bonchev–Trinajstić information content (AvgIpc) is 2.80. The molecule has 0 bridgehead atoms. The van der Waals surface area contributed by atoms with E-state index in [0.717, 1.165) is 24.1 Å². The van der Waals surface area contributed by atoms with Gasteiger partial charge in [-0.05, 0) is 49.1 Å². The molecule has 0 saturated carbocycles. The lowest BCUT2D eigenvalue weighted by atomic mass is 9.98. The van der Waals surface area contributed by atoms with E-state index in [1.54, 1.807) is 14.2 Å². The van der Waals surface area contributed by atoms with Gasteiger partial charge in [-0.15, -0.1) is 12.4 Å². The second-order valence-corrected chi connectivity index (χ2v) is 9.21. The topological polar surface area (TPSA) is 67.9 Å². The average molecular weight is 531 g/mol. The van der Waals surface area contributed by atoms with Gasteiger partial charge in [0.1, 0.15) is 0 Å². The highest BCUT2D eigenvalue weighted by Crippen LogP contribution is 2.33. The monoisotopic (exact) mass is 530 g/mol. The first-order valence-corrected chi connectivity index (χ1v) is 11.6. The van der Waals surface area contributed by atoms with Crippen LogP contribution in [-0.2, 0) is 23.0 Å². The lowest BCUT2D eigenvalue weighted by molar-refractivity contribution is 0.248. The van der Waals surface area contributed by atoms with E-state index in [1.165, 1.54) is 0 Å². The molecule has 0 spiro atoms. The molecule has 34 heavy (non-hydrogen) atoms. The van der Waals surface area contributed by atoms with Crippen LogP contribution in [0.2, 0.25) is 0 Å². The number of nitrogens with zero attached hydrogens (tertiary/aromatic N) is 1. The van der Waals surface area contributed by atoms with Crippen molar-refractivity contribution in [1.82, 2.24) is 9.62 Å². The normalized spacial score (nSPS) is 13.9. The molecule has 0 unspecified atom stereocenters. The molecule has 0 amide bonds. The maximum Gasteiger partial charge on any atom is 0.246 e. The Labute approximate surface area is 200 Å². The molecule has 3 rings (SSSR count). The van der Waals surface area contributed by atoms with Gasteiger partial charge in [0, 0.05) is 19.6 Å². The van der Waals surface area contributed by atoms with Crippen LogP contribution in [-0.4, -0.2) is 47.2 Å². The first kappa shape index (κ1) is 28.1. The van der Waals surface area contributed by atoms with Gasteiger partial charge in [-0.2, -0.15) is 0 Å². The van der Waals surface area contributed by atoms with Crippen molar-refractivity contribution in [1.29, 1.82) is 0 Å². The smallest absolute Gasteiger partial charge is 0.246 e. The molecule has 0 saturated heterocycles. The minimum Gasteiger partial charge on any atom is -0.493 e. The van der Waals surface area contributed by atoms with E-state index >= 15 is 0 Å². The Bertz CT molecular complexity index is 1120. The van der Waals surface area contributed by atoms with Crippen molar-refractivity contribution in [3.05, 3.63) is 52.3 Å². The summed E-state index contributed by atoms with van der Waals surface area (Å²) in [6.07, 6.45) is 1.63. The number of benzene rings is 2. The van der Waals surface area contributed by atoms with Crippen molar-refractivity contribution in [2.45, 2.75) is 30.7 Å². The molecule has 0 fully saturated rings.